The zero-order chi connectivity index (χ0) is 36.7. The Morgan fingerprint density at radius 3 is 2.62 bits per heavy atom. The van der Waals surface area contributed by atoms with Gasteiger partial charge >= 0.3 is 5.97 Å². The highest BCUT2D eigenvalue weighted by molar-refractivity contribution is 7.99. The van der Waals surface area contributed by atoms with Crippen LogP contribution in [-0.4, -0.2) is 60.9 Å². The minimum Gasteiger partial charge on any atom is -0.490 e. The lowest BCUT2D eigenvalue weighted by Gasteiger charge is -2.48. The second-order valence-electron chi connectivity index (χ2n) is 17.2. The zero-order valence-electron chi connectivity index (χ0n) is 31.3. The number of halogens is 1. The number of allylic oxidation sites excluding steroid dienone is 1. The van der Waals surface area contributed by atoms with E-state index in [1.54, 1.807) is 17.8 Å². The predicted octanol–water partition coefficient (Wildman–Crippen LogP) is 10.1. The van der Waals surface area contributed by atoms with E-state index in [2.05, 4.69) is 73.0 Å². The molecule has 0 amide bonds. The van der Waals surface area contributed by atoms with Crippen molar-refractivity contribution in [1.29, 1.82) is 0 Å². The van der Waals surface area contributed by atoms with E-state index in [9.17, 15) is 9.90 Å². The Bertz CT molecular complexity index is 1780. The quantitative estimate of drug-likeness (QED) is 0.0896. The molecule has 7 nitrogen and oxygen atoms in total. The molecule has 2 fully saturated rings. The number of aromatic carboxylic acids is 1. The molecule has 2 aromatic carbocycles. The molecule has 0 saturated heterocycles. The Hall–Kier alpha value is -2.85. The third-order valence-corrected chi connectivity index (χ3v) is 18.6. The molecule has 2 saturated carbocycles. The van der Waals surface area contributed by atoms with Crippen molar-refractivity contribution in [2.45, 2.75) is 101 Å². The summed E-state index contributed by atoms with van der Waals surface area (Å²) in [5.74, 6) is 2.85. The first-order chi connectivity index (χ1) is 24.8. The van der Waals surface area contributed by atoms with Crippen LogP contribution in [0.15, 0.2) is 72.2 Å². The van der Waals surface area contributed by atoms with Crippen LogP contribution in [0.5, 0.6) is 5.75 Å². The average Bonchev–Trinajstić information content (AvgIpc) is 3.22. The smallest absolute Gasteiger partial charge is 0.335 e. The van der Waals surface area contributed by atoms with Crippen molar-refractivity contribution in [1.82, 2.24) is 9.97 Å². The summed E-state index contributed by atoms with van der Waals surface area (Å²) in [6, 6.07) is 13.6. The van der Waals surface area contributed by atoms with Crippen molar-refractivity contribution in [2.24, 2.45) is 23.7 Å². The summed E-state index contributed by atoms with van der Waals surface area (Å²) in [7, 11) is -2.08. The summed E-state index contributed by atoms with van der Waals surface area (Å²) in [5, 5.41) is 11.7. The number of aryl methyl sites for hydroxylation is 1. The molecule has 7 rings (SSSR count). The number of carbonyl (C=O) groups is 1. The maximum atomic E-state index is 12.2. The van der Waals surface area contributed by atoms with Crippen molar-refractivity contribution in [3.63, 3.8) is 0 Å². The van der Waals surface area contributed by atoms with Crippen LogP contribution < -0.4 is 9.64 Å². The Labute approximate surface area is 320 Å². The number of nitrogens with zero attached hydrogens (tertiary/aromatic N) is 3. The average molecular weight is 761 g/mol. The fraction of sp³-hybridized carbons (Fsp3) is 0.548. The molecule has 52 heavy (non-hydrogen) atoms. The van der Waals surface area contributed by atoms with Gasteiger partial charge in [-0.05, 0) is 134 Å². The molecule has 278 valence electrons. The highest BCUT2D eigenvalue weighted by Gasteiger charge is 2.47. The van der Waals surface area contributed by atoms with Gasteiger partial charge in [0.25, 0.3) is 0 Å². The fourth-order valence-electron chi connectivity index (χ4n) is 8.42. The van der Waals surface area contributed by atoms with E-state index in [1.165, 1.54) is 24.0 Å². The summed E-state index contributed by atoms with van der Waals surface area (Å²) in [6.45, 7) is 13.9. The lowest BCUT2D eigenvalue weighted by Crippen LogP contribution is -2.52. The molecule has 1 aliphatic heterocycles. The third kappa shape index (κ3) is 7.84. The van der Waals surface area contributed by atoms with Gasteiger partial charge in [0.1, 0.15) is 5.75 Å². The van der Waals surface area contributed by atoms with Crippen LogP contribution in [0.2, 0.25) is 23.2 Å². The van der Waals surface area contributed by atoms with Gasteiger partial charge in [-0.2, -0.15) is 0 Å². The van der Waals surface area contributed by atoms with Crippen LogP contribution in [0.3, 0.4) is 0 Å². The van der Waals surface area contributed by atoms with Crippen LogP contribution >= 0.6 is 23.4 Å². The maximum Gasteiger partial charge on any atom is 0.335 e. The second kappa shape index (κ2) is 15.1. The molecule has 1 spiro atoms. The highest BCUT2D eigenvalue weighted by Crippen LogP contribution is 2.49. The second-order valence-corrected chi connectivity index (χ2v) is 23.3. The number of ether oxygens (including phenoxy) is 1. The van der Waals surface area contributed by atoms with Gasteiger partial charge in [-0.15, -0.1) is 0 Å². The van der Waals surface area contributed by atoms with Gasteiger partial charge < -0.3 is 19.2 Å². The Morgan fingerprint density at radius 1 is 1.13 bits per heavy atom. The molecule has 2 heterocycles. The van der Waals surface area contributed by atoms with Crippen molar-refractivity contribution in [3.8, 4) is 5.75 Å². The van der Waals surface area contributed by atoms with Crippen LogP contribution in [0.25, 0.3) is 0 Å². The molecule has 6 atom stereocenters. The number of anilines is 1. The number of fused-ring (bicyclic) bond motifs is 3. The van der Waals surface area contributed by atoms with E-state index >= 15 is 0 Å². The number of thioether (sulfide) groups is 1. The number of carboxylic acids is 1. The standard InChI is InChI=1S/C42H54ClN3O4SSi/c1-41(2,3)52(4,5)50-37(17-12-28-9-10-32(28)25-51-40-44-20-7-21-45-40)34-15-11-31(34)24-46-26-42(19-6-8-29-22-33(43)14-16-35(29)42)27-49-38-18-13-30(39(47)48)23-36(38)46/h7,12-14,16-18,20-23,28,31-32,34,37H,6,8-11,15,19,24-27H2,1-5H3,(H,47,48)/b17-12+/t28-,31+,32-,34-,37?,42?/m1/s1. The van der Waals surface area contributed by atoms with Crippen molar-refractivity contribution >= 4 is 43.3 Å². The molecule has 4 aliphatic rings. The molecule has 3 aromatic rings. The molecule has 0 bridgehead atoms. The number of carboxylic acid groups (broad SMARTS) is 1. The third-order valence-electron chi connectivity index (χ3n) is 12.9. The van der Waals surface area contributed by atoms with E-state index in [-0.39, 0.29) is 16.6 Å². The zero-order valence-corrected chi connectivity index (χ0v) is 33.9. The number of hydrogen-bond acceptors (Lipinski definition) is 7. The number of rotatable bonds is 11. The Balaban J connectivity index is 1.15. The summed E-state index contributed by atoms with van der Waals surface area (Å²) >= 11 is 8.25. The molecule has 3 aliphatic carbocycles. The predicted molar refractivity (Wildman–Crippen MR) is 214 cm³/mol. The van der Waals surface area contributed by atoms with Crippen molar-refractivity contribution in [2.75, 3.05) is 30.3 Å². The molecule has 1 N–H and O–H groups in total. The first-order valence-corrected chi connectivity index (χ1v) is 23.4. The van der Waals surface area contributed by atoms with Gasteiger partial charge in [0.05, 0.1) is 24.0 Å². The number of aromatic nitrogens is 2. The fourth-order valence-corrected chi connectivity index (χ4v) is 10.9. The summed E-state index contributed by atoms with van der Waals surface area (Å²) in [4.78, 5) is 23.5. The molecular weight excluding hydrogens is 706 g/mol. The largest absolute Gasteiger partial charge is 0.490 e. The van der Waals surface area contributed by atoms with Gasteiger partial charge in [0.15, 0.2) is 13.5 Å². The topological polar surface area (TPSA) is 84.8 Å². The Morgan fingerprint density at radius 2 is 1.92 bits per heavy atom. The lowest BCUT2D eigenvalue weighted by molar-refractivity contribution is 0.0519. The van der Waals surface area contributed by atoms with E-state index in [0.717, 1.165) is 72.6 Å². The minimum absolute atomic E-state index is 0.0468. The summed E-state index contributed by atoms with van der Waals surface area (Å²) in [5.41, 5.74) is 3.59. The van der Waals surface area contributed by atoms with Crippen molar-refractivity contribution in [3.05, 3.63) is 88.7 Å². The molecule has 10 heteroatoms. The molecule has 1 aromatic heterocycles. The minimum atomic E-state index is -2.08. The van der Waals surface area contributed by atoms with Crippen LogP contribution in [0.1, 0.15) is 80.8 Å². The van der Waals surface area contributed by atoms with Gasteiger partial charge in [-0.25, -0.2) is 14.8 Å². The highest BCUT2D eigenvalue weighted by atomic mass is 35.5. The summed E-state index contributed by atoms with van der Waals surface area (Å²) < 4.78 is 14.0. The molecule has 0 radical (unpaired) electrons. The van der Waals surface area contributed by atoms with Crippen LogP contribution in [0, 0.1) is 23.7 Å². The first-order valence-electron chi connectivity index (χ1n) is 19.1. The van der Waals surface area contributed by atoms with E-state index in [1.807, 2.05) is 36.7 Å². The van der Waals surface area contributed by atoms with Gasteiger partial charge in [0, 0.05) is 41.7 Å². The molecular formula is C42H54ClN3O4SSi. The Kier molecular flexibility index (Phi) is 10.9. The SMILES string of the molecule is CC(C)(C)[Si](C)(C)OC(/C=C/[C@H]1CC[C@@H]1CSc1ncccn1)[C@@H]1CC[C@H]1CN1CC2(CCCc3cc(Cl)ccc32)COc2ccc(C(=O)O)cc21. The van der Waals surface area contributed by atoms with Gasteiger partial charge in [-0.1, -0.05) is 62.4 Å². The number of hydrogen-bond donors (Lipinski definition) is 1. The lowest BCUT2D eigenvalue weighted by atomic mass is 9.68. The van der Waals surface area contributed by atoms with E-state index in [0.29, 0.717) is 35.8 Å². The first kappa shape index (κ1) is 37.5. The van der Waals surface area contributed by atoms with Gasteiger partial charge in [-0.3, -0.25) is 0 Å². The van der Waals surface area contributed by atoms with Crippen LogP contribution in [0.4, 0.5) is 5.69 Å². The van der Waals surface area contributed by atoms with E-state index in [4.69, 9.17) is 20.8 Å². The van der Waals surface area contributed by atoms with E-state index < -0.39 is 14.3 Å². The normalized spacial score (nSPS) is 26.5. The maximum absolute atomic E-state index is 12.2. The van der Waals surface area contributed by atoms with Crippen molar-refractivity contribution < 1.29 is 19.1 Å². The molecule has 2 unspecified atom stereocenters. The summed E-state index contributed by atoms with van der Waals surface area (Å²) in [6.07, 6.45) is 16.4. The van der Waals surface area contributed by atoms with Gasteiger partial charge in [0.2, 0.25) is 0 Å². The van der Waals surface area contributed by atoms with Crippen LogP contribution in [-0.2, 0) is 16.3 Å². The number of benzene rings is 2. The monoisotopic (exact) mass is 759 g/mol.